The fraction of sp³-hybridized carbons (Fsp3) is 0.154. The zero-order valence-electron chi connectivity index (χ0n) is 10.2. The number of allylic oxidation sites excluding steroid dienone is 5. The lowest BCUT2D eigenvalue weighted by molar-refractivity contribution is 0.604. The molecule has 1 heterocycles. The first-order valence-electron chi connectivity index (χ1n) is 5.58. The van der Waals surface area contributed by atoms with E-state index in [-0.39, 0.29) is 5.82 Å². The highest BCUT2D eigenvalue weighted by Gasteiger charge is 2.10. The summed E-state index contributed by atoms with van der Waals surface area (Å²) in [6, 6.07) is 2.05. The maximum Gasteiger partial charge on any atom is 0.289 e. The van der Waals surface area contributed by atoms with Gasteiger partial charge in [-0.2, -0.15) is 9.65 Å². The van der Waals surface area contributed by atoms with Crippen molar-refractivity contribution in [2.75, 3.05) is 5.32 Å². The second-order valence-corrected chi connectivity index (χ2v) is 4.11. The molecule has 1 aromatic rings. The molecule has 0 saturated carbocycles. The maximum absolute atomic E-state index is 13.5. The van der Waals surface area contributed by atoms with Gasteiger partial charge in [0.1, 0.15) is 0 Å². The van der Waals surface area contributed by atoms with Crippen molar-refractivity contribution in [2.24, 2.45) is 0 Å². The molecule has 0 radical (unpaired) electrons. The van der Waals surface area contributed by atoms with Gasteiger partial charge in [0.25, 0.3) is 5.56 Å². The highest BCUT2D eigenvalue weighted by Crippen LogP contribution is 2.19. The third-order valence-corrected chi connectivity index (χ3v) is 2.54. The topological polar surface area (TPSA) is 81.6 Å². The van der Waals surface area contributed by atoms with Gasteiger partial charge >= 0.3 is 0 Å². The smallest absolute Gasteiger partial charge is 0.289 e. The van der Waals surface area contributed by atoms with Gasteiger partial charge in [0.15, 0.2) is 5.82 Å². The molecule has 0 unspecified atom stereocenters. The molecule has 6 heteroatoms. The Hall–Kier alpha value is -2.68. The van der Waals surface area contributed by atoms with Crippen molar-refractivity contribution in [3.05, 3.63) is 57.6 Å². The Kier molecular flexibility index (Phi) is 3.57. The molecule has 5 nitrogen and oxygen atoms in total. The van der Waals surface area contributed by atoms with Gasteiger partial charge in [-0.05, 0) is 25.2 Å². The molecule has 0 fully saturated rings. The second kappa shape index (κ2) is 5.31. The summed E-state index contributed by atoms with van der Waals surface area (Å²) in [6.45, 7) is 1.87. The fourth-order valence-electron chi connectivity index (χ4n) is 1.69. The molecule has 19 heavy (non-hydrogen) atoms. The number of aromatic amines is 1. The summed E-state index contributed by atoms with van der Waals surface area (Å²) < 4.78 is 13.5. The average Bonchev–Trinajstić information content (AvgIpc) is 2.56. The standard InChI is InChI=1S/C13H11FN4O/c1-8-4-9(6-15)2-3-10(5-8)18-12-11(14)13(19)17-7-16-12/h2-4,7H,5H2,1H3,(H2,16,17,18,19). The van der Waals surface area contributed by atoms with Crippen LogP contribution in [0.5, 0.6) is 0 Å². The van der Waals surface area contributed by atoms with Gasteiger partial charge in [-0.3, -0.25) is 4.79 Å². The molecule has 0 bridgehead atoms. The average molecular weight is 258 g/mol. The first kappa shape index (κ1) is 12.8. The van der Waals surface area contributed by atoms with Crippen molar-refractivity contribution in [3.63, 3.8) is 0 Å². The number of H-pyrrole nitrogens is 1. The van der Waals surface area contributed by atoms with Crippen molar-refractivity contribution >= 4 is 5.82 Å². The van der Waals surface area contributed by atoms with Crippen LogP contribution in [0.3, 0.4) is 0 Å². The molecular formula is C13H11FN4O. The predicted molar refractivity (Wildman–Crippen MR) is 68.6 cm³/mol. The van der Waals surface area contributed by atoms with Crippen LogP contribution < -0.4 is 10.9 Å². The molecule has 0 aliphatic heterocycles. The number of anilines is 1. The van der Waals surface area contributed by atoms with Crippen LogP contribution in [0.15, 0.2) is 46.2 Å². The number of nitrogens with zero attached hydrogens (tertiary/aromatic N) is 2. The van der Waals surface area contributed by atoms with Crippen molar-refractivity contribution in [1.82, 2.24) is 9.97 Å². The molecule has 0 spiro atoms. The number of hydrogen-bond donors (Lipinski definition) is 2. The summed E-state index contributed by atoms with van der Waals surface area (Å²) in [5, 5.41) is 11.6. The minimum absolute atomic E-state index is 0.128. The lowest BCUT2D eigenvalue weighted by atomic mass is 10.1. The van der Waals surface area contributed by atoms with Crippen LogP contribution in [0.4, 0.5) is 10.2 Å². The number of halogens is 1. The molecule has 1 aromatic heterocycles. The summed E-state index contributed by atoms with van der Waals surface area (Å²) in [5.74, 6) is -1.09. The Morgan fingerprint density at radius 1 is 1.53 bits per heavy atom. The molecule has 0 aromatic carbocycles. The van der Waals surface area contributed by atoms with E-state index in [1.54, 1.807) is 18.2 Å². The van der Waals surface area contributed by atoms with E-state index in [0.29, 0.717) is 17.7 Å². The van der Waals surface area contributed by atoms with E-state index in [4.69, 9.17) is 5.26 Å². The predicted octanol–water partition coefficient (Wildman–Crippen LogP) is 2.00. The van der Waals surface area contributed by atoms with Crippen LogP contribution >= 0.6 is 0 Å². The molecule has 0 atom stereocenters. The Balaban J connectivity index is 2.30. The van der Waals surface area contributed by atoms with Crippen molar-refractivity contribution < 1.29 is 4.39 Å². The van der Waals surface area contributed by atoms with Crippen LogP contribution in [0, 0.1) is 17.1 Å². The minimum atomic E-state index is -0.959. The molecular weight excluding hydrogens is 247 g/mol. The number of aromatic nitrogens is 2. The van der Waals surface area contributed by atoms with Gasteiger partial charge in [-0.1, -0.05) is 5.57 Å². The third-order valence-electron chi connectivity index (χ3n) is 2.54. The molecule has 96 valence electrons. The zero-order chi connectivity index (χ0) is 13.8. The van der Waals surface area contributed by atoms with Crippen molar-refractivity contribution in [3.8, 4) is 6.07 Å². The van der Waals surface area contributed by atoms with E-state index in [0.717, 1.165) is 11.9 Å². The first-order chi connectivity index (χ1) is 9.10. The number of nitriles is 1. The Bertz CT molecular complexity index is 691. The molecule has 2 N–H and O–H groups in total. The summed E-state index contributed by atoms with van der Waals surface area (Å²) in [6.07, 6.45) is 6.71. The van der Waals surface area contributed by atoms with E-state index >= 15 is 0 Å². The van der Waals surface area contributed by atoms with Crippen LogP contribution in [0.1, 0.15) is 13.3 Å². The monoisotopic (exact) mass is 258 g/mol. The Morgan fingerprint density at radius 2 is 2.32 bits per heavy atom. The van der Waals surface area contributed by atoms with Crippen LogP contribution in [0.2, 0.25) is 0 Å². The number of rotatable bonds is 2. The maximum atomic E-state index is 13.5. The van der Waals surface area contributed by atoms with E-state index in [2.05, 4.69) is 15.3 Å². The molecule has 2 rings (SSSR count). The Morgan fingerprint density at radius 3 is 3.05 bits per heavy atom. The molecule has 1 aliphatic carbocycles. The van der Waals surface area contributed by atoms with Crippen molar-refractivity contribution in [1.29, 1.82) is 5.26 Å². The molecule has 1 aliphatic rings. The molecule has 0 saturated heterocycles. The number of hydrogen-bond acceptors (Lipinski definition) is 4. The summed E-state index contributed by atoms with van der Waals surface area (Å²) in [5.41, 5.74) is 1.31. The second-order valence-electron chi connectivity index (χ2n) is 4.11. The summed E-state index contributed by atoms with van der Waals surface area (Å²) in [4.78, 5) is 17.0. The van der Waals surface area contributed by atoms with Gasteiger partial charge in [0.2, 0.25) is 5.82 Å². The van der Waals surface area contributed by atoms with Crippen LogP contribution in [-0.2, 0) is 0 Å². The van der Waals surface area contributed by atoms with Gasteiger partial charge in [-0.15, -0.1) is 0 Å². The number of nitrogens with one attached hydrogen (secondary N) is 2. The normalized spacial score (nSPS) is 14.7. The zero-order valence-corrected chi connectivity index (χ0v) is 10.2. The van der Waals surface area contributed by atoms with Gasteiger partial charge in [0, 0.05) is 12.1 Å². The lowest BCUT2D eigenvalue weighted by Crippen LogP contribution is -2.15. The van der Waals surface area contributed by atoms with Crippen LogP contribution in [0.25, 0.3) is 0 Å². The Labute approximate surface area is 108 Å². The SMILES string of the molecule is CC1=CC(C#N)=CC=C(Nc2nc[nH]c(=O)c2F)C1. The highest BCUT2D eigenvalue weighted by atomic mass is 19.1. The van der Waals surface area contributed by atoms with Crippen molar-refractivity contribution in [2.45, 2.75) is 13.3 Å². The largest absolute Gasteiger partial charge is 0.341 e. The van der Waals surface area contributed by atoms with E-state index in [1.165, 1.54) is 0 Å². The minimum Gasteiger partial charge on any atom is -0.341 e. The fourth-order valence-corrected chi connectivity index (χ4v) is 1.69. The van der Waals surface area contributed by atoms with E-state index in [1.807, 2.05) is 13.0 Å². The summed E-state index contributed by atoms with van der Waals surface area (Å²) >= 11 is 0. The lowest BCUT2D eigenvalue weighted by Gasteiger charge is -2.09. The van der Waals surface area contributed by atoms with Gasteiger partial charge < -0.3 is 10.3 Å². The third kappa shape index (κ3) is 2.96. The van der Waals surface area contributed by atoms with Gasteiger partial charge in [0.05, 0.1) is 18.0 Å². The first-order valence-corrected chi connectivity index (χ1v) is 5.58. The van der Waals surface area contributed by atoms with E-state index < -0.39 is 11.4 Å². The van der Waals surface area contributed by atoms with Crippen LogP contribution in [-0.4, -0.2) is 9.97 Å². The molecule has 0 amide bonds. The summed E-state index contributed by atoms with van der Waals surface area (Å²) in [7, 11) is 0. The quantitative estimate of drug-likeness (QED) is 0.850. The van der Waals surface area contributed by atoms with E-state index in [9.17, 15) is 9.18 Å². The highest BCUT2D eigenvalue weighted by molar-refractivity contribution is 5.48. The van der Waals surface area contributed by atoms with Gasteiger partial charge in [-0.25, -0.2) is 4.98 Å².